The van der Waals surface area contributed by atoms with E-state index in [1.54, 1.807) is 36.1 Å². The fraction of sp³-hybridized carbons (Fsp3) is 0.381. The number of carbonyl (C=O) groups is 1. The minimum Gasteiger partial charge on any atom is -0.483 e. The Hall–Kier alpha value is -2.54. The zero-order valence-electron chi connectivity index (χ0n) is 16.2. The third kappa shape index (κ3) is 3.35. The molecule has 4 rings (SSSR count). The Morgan fingerprint density at radius 3 is 2.64 bits per heavy atom. The van der Waals surface area contributed by atoms with Gasteiger partial charge in [-0.25, -0.2) is 0 Å². The Morgan fingerprint density at radius 1 is 1.18 bits per heavy atom. The summed E-state index contributed by atoms with van der Waals surface area (Å²) in [7, 11) is -4.04. The topological polar surface area (TPSA) is 72.9 Å². The van der Waals surface area contributed by atoms with Gasteiger partial charge in [0.1, 0.15) is 10.5 Å². The smallest absolute Gasteiger partial charge is 0.339 e. The zero-order chi connectivity index (χ0) is 20.1. The van der Waals surface area contributed by atoms with Gasteiger partial charge in [-0.05, 0) is 57.0 Å². The molecule has 0 spiro atoms. The number of fused-ring (bicyclic) bond motifs is 1. The van der Waals surface area contributed by atoms with Crippen molar-refractivity contribution < 1.29 is 22.1 Å². The van der Waals surface area contributed by atoms with Crippen molar-refractivity contribution in [3.05, 3.63) is 47.5 Å². The number of carbonyl (C=O) groups excluding carboxylic acids is 1. The second-order valence-corrected chi connectivity index (χ2v) is 9.43. The Balaban J connectivity index is 1.64. The van der Waals surface area contributed by atoms with E-state index in [1.165, 1.54) is 6.07 Å². The van der Waals surface area contributed by atoms with Crippen LogP contribution in [0.4, 0.5) is 5.69 Å². The first-order chi connectivity index (χ1) is 13.2. The summed E-state index contributed by atoms with van der Waals surface area (Å²) in [4.78, 5) is 13.7. The largest absolute Gasteiger partial charge is 0.483 e. The Kier molecular flexibility index (Phi) is 4.38. The summed E-state index contributed by atoms with van der Waals surface area (Å²) >= 11 is 0. The maximum atomic E-state index is 12.9. The molecule has 2 aromatic carbocycles. The van der Waals surface area contributed by atoms with Gasteiger partial charge in [0, 0.05) is 30.6 Å². The van der Waals surface area contributed by atoms with E-state index in [2.05, 4.69) is 0 Å². The average Bonchev–Trinajstić information content (AvgIpc) is 3.16. The number of rotatable bonds is 4. The predicted octanol–water partition coefficient (Wildman–Crippen LogP) is 3.60. The maximum absolute atomic E-state index is 12.9. The summed E-state index contributed by atoms with van der Waals surface area (Å²) in [6.07, 6.45) is 2.03. The first-order valence-electron chi connectivity index (χ1n) is 9.33. The number of aryl methyl sites for hydroxylation is 1. The number of anilines is 1. The fourth-order valence-corrected chi connectivity index (χ4v) is 4.96. The van der Waals surface area contributed by atoms with Gasteiger partial charge >= 0.3 is 10.1 Å². The molecule has 2 heterocycles. The number of benzene rings is 2. The molecule has 28 heavy (non-hydrogen) atoms. The van der Waals surface area contributed by atoms with Crippen molar-refractivity contribution in [2.45, 2.75) is 50.5 Å². The molecule has 0 bridgehead atoms. The van der Waals surface area contributed by atoms with Crippen LogP contribution in [0.15, 0.2) is 41.3 Å². The van der Waals surface area contributed by atoms with Gasteiger partial charge in [-0.1, -0.05) is 12.1 Å². The van der Waals surface area contributed by atoms with Gasteiger partial charge in [-0.2, -0.15) is 8.42 Å². The number of para-hydroxylation sites is 1. The SMILES string of the molecule is Cc1cc(N2CCCC2=O)ccc1S(=O)(=O)Oc1cccc2c1OC(C)(C)C2. The molecule has 2 aliphatic rings. The molecule has 1 saturated heterocycles. The molecule has 0 N–H and O–H groups in total. The van der Waals surface area contributed by atoms with Gasteiger partial charge < -0.3 is 13.8 Å². The van der Waals surface area contributed by atoms with Gasteiger partial charge in [0.05, 0.1) is 0 Å². The minimum absolute atomic E-state index is 0.0610. The van der Waals surface area contributed by atoms with Crippen LogP contribution in [0.3, 0.4) is 0 Å². The van der Waals surface area contributed by atoms with E-state index in [0.717, 1.165) is 12.0 Å². The van der Waals surface area contributed by atoms with E-state index >= 15 is 0 Å². The second kappa shape index (κ2) is 6.51. The Morgan fingerprint density at radius 2 is 1.96 bits per heavy atom. The van der Waals surface area contributed by atoms with Crippen LogP contribution in [0.2, 0.25) is 0 Å². The lowest BCUT2D eigenvalue weighted by Gasteiger charge is -2.19. The van der Waals surface area contributed by atoms with Gasteiger partial charge in [0.15, 0.2) is 11.5 Å². The standard InChI is InChI=1S/C21H23NO5S/c1-14-12-16(22-11-5-8-19(22)23)9-10-18(14)28(24,25)27-17-7-4-6-15-13-21(2,3)26-20(15)17/h4,6-7,9-10,12H,5,8,11,13H2,1-3H3. The molecule has 2 aliphatic heterocycles. The molecule has 0 aliphatic carbocycles. The van der Waals surface area contributed by atoms with Gasteiger partial charge in [0.25, 0.3) is 0 Å². The van der Waals surface area contributed by atoms with Crippen molar-refractivity contribution in [2.24, 2.45) is 0 Å². The highest BCUT2D eigenvalue weighted by molar-refractivity contribution is 7.87. The van der Waals surface area contributed by atoms with Crippen LogP contribution >= 0.6 is 0 Å². The van der Waals surface area contributed by atoms with Crippen LogP contribution in [-0.2, 0) is 21.3 Å². The number of hydrogen-bond donors (Lipinski definition) is 0. The van der Waals surface area contributed by atoms with Crippen LogP contribution in [0, 0.1) is 6.92 Å². The molecule has 0 atom stereocenters. The Labute approximate surface area is 165 Å². The van der Waals surface area contributed by atoms with Gasteiger partial charge in [0.2, 0.25) is 5.91 Å². The maximum Gasteiger partial charge on any atom is 0.339 e. The third-order valence-corrected chi connectivity index (χ3v) is 6.46. The molecule has 2 aromatic rings. The van der Waals surface area contributed by atoms with E-state index < -0.39 is 15.7 Å². The summed E-state index contributed by atoms with van der Waals surface area (Å²) in [5.74, 6) is 0.736. The molecular formula is C21H23NO5S. The van der Waals surface area contributed by atoms with E-state index in [0.29, 0.717) is 36.4 Å². The van der Waals surface area contributed by atoms with Crippen LogP contribution in [0.5, 0.6) is 11.5 Å². The quantitative estimate of drug-likeness (QED) is 0.732. The van der Waals surface area contributed by atoms with Crippen molar-refractivity contribution in [2.75, 3.05) is 11.4 Å². The van der Waals surface area contributed by atoms with E-state index in [9.17, 15) is 13.2 Å². The summed E-state index contributed by atoms with van der Waals surface area (Å²) < 4.78 is 37.2. The van der Waals surface area contributed by atoms with Crippen LogP contribution in [0.1, 0.15) is 37.8 Å². The number of ether oxygens (including phenoxy) is 1. The summed E-state index contributed by atoms with van der Waals surface area (Å²) in [6.45, 7) is 6.26. The van der Waals surface area contributed by atoms with Crippen LogP contribution in [0.25, 0.3) is 0 Å². The molecule has 0 radical (unpaired) electrons. The monoisotopic (exact) mass is 401 g/mol. The fourth-order valence-electron chi connectivity index (χ4n) is 3.82. The first-order valence-corrected chi connectivity index (χ1v) is 10.7. The molecule has 1 fully saturated rings. The molecule has 0 saturated carbocycles. The first kappa shape index (κ1) is 18.8. The predicted molar refractivity (Wildman–Crippen MR) is 105 cm³/mol. The lowest BCUT2D eigenvalue weighted by molar-refractivity contribution is -0.117. The number of amides is 1. The van der Waals surface area contributed by atoms with Crippen molar-refractivity contribution in [1.29, 1.82) is 0 Å². The van der Waals surface area contributed by atoms with Crippen molar-refractivity contribution in [3.63, 3.8) is 0 Å². The third-order valence-electron chi connectivity index (χ3n) is 5.07. The highest BCUT2D eigenvalue weighted by Gasteiger charge is 2.34. The highest BCUT2D eigenvalue weighted by Crippen LogP contribution is 2.42. The average molecular weight is 401 g/mol. The molecule has 148 valence electrons. The molecule has 0 aromatic heterocycles. The summed E-state index contributed by atoms with van der Waals surface area (Å²) in [6, 6.07) is 10.2. The zero-order valence-corrected chi connectivity index (χ0v) is 17.0. The highest BCUT2D eigenvalue weighted by atomic mass is 32.2. The van der Waals surface area contributed by atoms with Crippen molar-refractivity contribution in [3.8, 4) is 11.5 Å². The molecule has 6 nitrogen and oxygen atoms in total. The van der Waals surface area contributed by atoms with Crippen molar-refractivity contribution >= 4 is 21.7 Å². The second-order valence-electron chi connectivity index (χ2n) is 7.92. The number of nitrogens with zero attached hydrogens (tertiary/aromatic N) is 1. The van der Waals surface area contributed by atoms with Crippen molar-refractivity contribution in [1.82, 2.24) is 0 Å². The molecular weight excluding hydrogens is 378 g/mol. The molecule has 1 amide bonds. The minimum atomic E-state index is -4.04. The lowest BCUT2D eigenvalue weighted by Crippen LogP contribution is -2.25. The van der Waals surface area contributed by atoms with Gasteiger partial charge in [-0.15, -0.1) is 0 Å². The lowest BCUT2D eigenvalue weighted by atomic mass is 10.0. The van der Waals surface area contributed by atoms with Crippen LogP contribution in [-0.4, -0.2) is 26.5 Å². The molecule has 0 unspecified atom stereocenters. The van der Waals surface area contributed by atoms with E-state index in [1.807, 2.05) is 19.9 Å². The molecule has 7 heteroatoms. The van der Waals surface area contributed by atoms with E-state index in [-0.39, 0.29) is 16.6 Å². The summed E-state index contributed by atoms with van der Waals surface area (Å²) in [5.41, 5.74) is 1.78. The van der Waals surface area contributed by atoms with E-state index in [4.69, 9.17) is 8.92 Å². The normalized spacial score (nSPS) is 18.1. The van der Waals surface area contributed by atoms with Crippen LogP contribution < -0.4 is 13.8 Å². The number of hydrogen-bond acceptors (Lipinski definition) is 5. The summed E-state index contributed by atoms with van der Waals surface area (Å²) in [5, 5.41) is 0. The Bertz CT molecular complexity index is 1060. The van der Waals surface area contributed by atoms with Gasteiger partial charge in [-0.3, -0.25) is 4.79 Å².